The molecule has 3 amide bonds. The zero-order valence-electron chi connectivity index (χ0n) is 33.7. The number of aromatic nitrogens is 5. The Balaban J connectivity index is 0.902. The van der Waals surface area contributed by atoms with Crippen molar-refractivity contribution in [3.05, 3.63) is 76.6 Å². The molecular formula is C41H46F4N10O5S. The number of amides is 3. The average molecular weight is 867 g/mol. The third kappa shape index (κ3) is 8.26. The molecule has 0 radical (unpaired) electrons. The van der Waals surface area contributed by atoms with E-state index in [1.807, 2.05) is 22.7 Å². The number of aryl methyl sites for hydroxylation is 1. The van der Waals surface area contributed by atoms with Crippen molar-refractivity contribution < 1.29 is 36.2 Å². The molecule has 2 saturated heterocycles. The van der Waals surface area contributed by atoms with Crippen LogP contribution in [0.15, 0.2) is 64.4 Å². The Morgan fingerprint density at radius 1 is 1.05 bits per heavy atom. The third-order valence-electron chi connectivity index (χ3n) is 12.3. The summed E-state index contributed by atoms with van der Waals surface area (Å²) in [4.78, 5) is 58.5. The molecule has 3 aromatic heterocycles. The van der Waals surface area contributed by atoms with E-state index in [9.17, 15) is 36.6 Å². The Kier molecular flexibility index (Phi) is 11.0. The maximum Gasteiger partial charge on any atom is 0.433 e. The number of fused-ring (bicyclic) bond motifs is 2. The van der Waals surface area contributed by atoms with Crippen molar-refractivity contribution in [1.82, 2.24) is 34.1 Å². The lowest BCUT2D eigenvalue weighted by atomic mass is 9.85. The number of imidazole rings is 1. The first-order valence-corrected chi connectivity index (χ1v) is 22.1. The van der Waals surface area contributed by atoms with E-state index in [1.165, 1.54) is 27.5 Å². The fourth-order valence-electron chi connectivity index (χ4n) is 9.23. The number of anilines is 2. The van der Waals surface area contributed by atoms with Crippen molar-refractivity contribution in [2.75, 3.05) is 43.2 Å². The van der Waals surface area contributed by atoms with E-state index >= 15 is 4.39 Å². The van der Waals surface area contributed by atoms with Gasteiger partial charge < -0.3 is 15.1 Å². The van der Waals surface area contributed by atoms with Gasteiger partial charge in [-0.05, 0) is 87.9 Å². The number of benzene rings is 2. The molecule has 3 aliphatic rings. The van der Waals surface area contributed by atoms with Gasteiger partial charge in [-0.3, -0.25) is 33.5 Å². The Morgan fingerprint density at radius 3 is 2.48 bits per heavy atom. The van der Waals surface area contributed by atoms with Crippen molar-refractivity contribution in [1.29, 1.82) is 4.78 Å². The minimum atomic E-state index is -4.75. The molecule has 3 N–H and O–H groups in total. The number of nitrogens with one attached hydrogen (secondary N) is 3. The molecule has 2 aliphatic heterocycles. The summed E-state index contributed by atoms with van der Waals surface area (Å²) < 4.78 is 81.9. The van der Waals surface area contributed by atoms with Gasteiger partial charge in [-0.2, -0.15) is 18.3 Å². The molecule has 0 bridgehead atoms. The Hall–Kier alpha value is -5.63. The summed E-state index contributed by atoms with van der Waals surface area (Å²) in [5.41, 5.74) is 0.270. The van der Waals surface area contributed by atoms with Gasteiger partial charge in [0.15, 0.2) is 0 Å². The fourth-order valence-corrected chi connectivity index (χ4v) is 10.1. The molecule has 8 rings (SSSR count). The smallest absolute Gasteiger partial charge is 0.367 e. The van der Waals surface area contributed by atoms with Crippen LogP contribution in [0.4, 0.5) is 28.9 Å². The normalized spacial score (nSPS) is 23.7. The van der Waals surface area contributed by atoms with Crippen LogP contribution in [0.3, 0.4) is 0 Å². The minimum Gasteiger partial charge on any atom is -0.367 e. The third-order valence-corrected chi connectivity index (χ3v) is 13.5. The second kappa shape index (κ2) is 16.0. The quantitative estimate of drug-likeness (QED) is 0.125. The van der Waals surface area contributed by atoms with Crippen molar-refractivity contribution in [2.45, 2.75) is 80.3 Å². The molecule has 324 valence electrons. The highest BCUT2D eigenvalue weighted by Gasteiger charge is 2.37. The monoisotopic (exact) mass is 866 g/mol. The van der Waals surface area contributed by atoms with Gasteiger partial charge in [0.25, 0.3) is 5.91 Å². The summed E-state index contributed by atoms with van der Waals surface area (Å²) in [6.07, 6.45) is 1.33. The molecule has 4 unspecified atom stereocenters. The van der Waals surface area contributed by atoms with Crippen molar-refractivity contribution in [3.63, 3.8) is 0 Å². The second-order valence-corrected chi connectivity index (χ2v) is 18.6. The Bertz CT molecular complexity index is 2720. The van der Waals surface area contributed by atoms with Gasteiger partial charge in [0, 0.05) is 50.4 Å². The van der Waals surface area contributed by atoms with E-state index in [0.717, 1.165) is 43.9 Å². The topological polar surface area (TPSA) is 180 Å². The van der Waals surface area contributed by atoms with E-state index < -0.39 is 51.3 Å². The zero-order valence-corrected chi connectivity index (χ0v) is 34.6. The highest BCUT2D eigenvalue weighted by atomic mass is 32.2. The number of hydrogen-bond acceptors (Lipinski definition) is 10. The first kappa shape index (κ1) is 42.1. The summed E-state index contributed by atoms with van der Waals surface area (Å²) >= 11 is 0. The number of para-hydroxylation sites is 1. The zero-order chi connectivity index (χ0) is 43.5. The molecule has 2 aromatic carbocycles. The van der Waals surface area contributed by atoms with Gasteiger partial charge in [0.2, 0.25) is 11.8 Å². The predicted molar refractivity (Wildman–Crippen MR) is 220 cm³/mol. The number of imide groups is 1. The van der Waals surface area contributed by atoms with Crippen LogP contribution < -0.4 is 21.2 Å². The minimum absolute atomic E-state index is 0.0131. The molecule has 15 nitrogen and oxygen atoms in total. The van der Waals surface area contributed by atoms with Crippen molar-refractivity contribution in [2.24, 2.45) is 13.0 Å². The Labute approximate surface area is 348 Å². The number of halogens is 4. The van der Waals surface area contributed by atoms with Gasteiger partial charge in [-0.1, -0.05) is 12.1 Å². The Morgan fingerprint density at radius 2 is 1.79 bits per heavy atom. The molecular weight excluding hydrogens is 821 g/mol. The van der Waals surface area contributed by atoms with E-state index in [-0.39, 0.29) is 53.6 Å². The van der Waals surface area contributed by atoms with Crippen LogP contribution >= 0.6 is 0 Å². The number of alkyl halides is 4. The van der Waals surface area contributed by atoms with Crippen LogP contribution in [0.2, 0.25) is 0 Å². The molecule has 5 aromatic rings. The molecule has 61 heavy (non-hydrogen) atoms. The van der Waals surface area contributed by atoms with Crippen LogP contribution in [0.5, 0.6) is 0 Å². The van der Waals surface area contributed by atoms with Crippen LogP contribution in [0, 0.1) is 10.7 Å². The maximum absolute atomic E-state index is 16.1. The van der Waals surface area contributed by atoms with E-state index in [0.29, 0.717) is 53.1 Å². The van der Waals surface area contributed by atoms with Crippen LogP contribution in [0.25, 0.3) is 21.9 Å². The summed E-state index contributed by atoms with van der Waals surface area (Å²) in [7, 11) is 0.194. The van der Waals surface area contributed by atoms with Crippen LogP contribution in [-0.4, -0.2) is 95.9 Å². The molecule has 4 atom stereocenters. The number of nitrogens with zero attached hydrogens (tertiary/aromatic N) is 7. The van der Waals surface area contributed by atoms with Crippen molar-refractivity contribution in [3.8, 4) is 0 Å². The van der Waals surface area contributed by atoms with E-state index in [4.69, 9.17) is 9.88 Å². The highest BCUT2D eigenvalue weighted by molar-refractivity contribution is 7.91. The first-order valence-electron chi connectivity index (χ1n) is 20.1. The SMILES string of the molecule is CN(C[C@H]1CC[C@H](n2cc3cc(NC(=O)c4cccc(C(F)(F)F)n4)c(S(C)(=N)=O)cc3n2)CC1)C1CCN(c2cccc3c2n(C)c(=O)n3C2CCC(=O)NC2=O)CC1F. The second-order valence-electron chi connectivity index (χ2n) is 16.5. The summed E-state index contributed by atoms with van der Waals surface area (Å²) in [5.74, 6) is -1.51. The number of pyridine rings is 1. The number of carbonyl (C=O) groups excluding carboxylic acids is 3. The van der Waals surface area contributed by atoms with Gasteiger partial charge >= 0.3 is 11.9 Å². The lowest BCUT2D eigenvalue weighted by molar-refractivity contribution is -0.141. The van der Waals surface area contributed by atoms with Gasteiger partial charge in [0.1, 0.15) is 23.6 Å². The van der Waals surface area contributed by atoms with Crippen molar-refractivity contribution >= 4 is 60.8 Å². The van der Waals surface area contributed by atoms with E-state index in [1.54, 1.807) is 25.4 Å². The van der Waals surface area contributed by atoms with Crippen LogP contribution in [0.1, 0.15) is 73.2 Å². The molecule has 20 heteroatoms. The lowest BCUT2D eigenvalue weighted by Gasteiger charge is -2.42. The lowest BCUT2D eigenvalue weighted by Crippen LogP contribution is -2.52. The number of carbonyl (C=O) groups is 3. The highest BCUT2D eigenvalue weighted by Crippen LogP contribution is 2.37. The van der Waals surface area contributed by atoms with Crippen LogP contribution in [-0.2, 0) is 32.5 Å². The number of rotatable bonds is 9. The molecule has 3 fully saturated rings. The number of hydrogen-bond donors (Lipinski definition) is 3. The standard InChI is InChI=1S/C41H46F4N10O5S/c1-51(30-16-17-53(22-26(30)42)31-7-5-8-32-37(31)52(2)40(59)55(32)33-14-15-36(56)49-39(33)58)20-23-10-12-25(13-11-23)54-21-24-18-29(34(61(3,46)60)19-28(24)50-54)48-38(57)27-6-4-9-35(47-27)41(43,44)45/h4-9,18-19,21,23,25-26,30,33,46H,10-17,20,22H2,1-3H3,(H,48,57)(H,49,56,58)/t23-,25-,26?,30?,33?,61?. The molecule has 0 spiro atoms. The maximum atomic E-state index is 16.1. The molecule has 5 heterocycles. The van der Waals surface area contributed by atoms with Gasteiger partial charge in [-0.15, -0.1) is 0 Å². The summed E-state index contributed by atoms with van der Waals surface area (Å²) in [6.45, 7) is 1.40. The largest absolute Gasteiger partial charge is 0.433 e. The predicted octanol–water partition coefficient (Wildman–Crippen LogP) is 5.65. The van der Waals surface area contributed by atoms with E-state index in [2.05, 4.69) is 20.5 Å². The number of piperidine rings is 2. The summed E-state index contributed by atoms with van der Waals surface area (Å²) in [5, 5.41) is 10.2. The van der Waals surface area contributed by atoms with Gasteiger partial charge in [0.05, 0.1) is 55.1 Å². The fraction of sp³-hybridized carbons (Fsp3) is 0.463. The average Bonchev–Trinajstić information content (AvgIpc) is 3.74. The summed E-state index contributed by atoms with van der Waals surface area (Å²) in [6, 6.07) is 10.3. The molecule has 1 aliphatic carbocycles. The molecule has 1 saturated carbocycles. The first-order chi connectivity index (χ1) is 28.9. The van der Waals surface area contributed by atoms with Gasteiger partial charge in [-0.25, -0.2) is 23.2 Å².